The zero-order chi connectivity index (χ0) is 11.8. The summed E-state index contributed by atoms with van der Waals surface area (Å²) < 4.78 is 36.9. The Bertz CT molecular complexity index is 489. The van der Waals surface area contributed by atoms with Crippen molar-refractivity contribution < 1.29 is 13.2 Å². The number of rotatable bonds is 2. The van der Waals surface area contributed by atoms with E-state index in [1.54, 1.807) is 18.3 Å². The van der Waals surface area contributed by atoms with Crippen LogP contribution >= 0.6 is 0 Å². The lowest BCUT2D eigenvalue weighted by molar-refractivity contribution is -0.147. The lowest BCUT2D eigenvalue weighted by atomic mass is 10.1. The molecule has 3 N–H and O–H groups in total. The molecule has 0 saturated carbocycles. The number of fused-ring (bicyclic) bond motifs is 1. The molecule has 0 amide bonds. The molecule has 2 aromatic rings. The van der Waals surface area contributed by atoms with Gasteiger partial charge in [0.05, 0.1) is 0 Å². The average molecular weight is 229 g/mol. The van der Waals surface area contributed by atoms with Gasteiger partial charge >= 0.3 is 6.18 Å². The van der Waals surface area contributed by atoms with Crippen LogP contribution < -0.4 is 5.73 Å². The fourth-order valence-corrected chi connectivity index (χ4v) is 1.53. The Labute approximate surface area is 89.5 Å². The average Bonchev–Trinajstić information content (AvgIpc) is 2.61. The summed E-state index contributed by atoms with van der Waals surface area (Å²) in [7, 11) is 0. The lowest BCUT2D eigenvalue weighted by Gasteiger charge is -2.14. The number of alkyl halides is 3. The van der Waals surface area contributed by atoms with E-state index in [1.807, 2.05) is 0 Å². The Morgan fingerprint density at radius 1 is 1.44 bits per heavy atom. The minimum atomic E-state index is -4.37. The highest BCUT2D eigenvalue weighted by Crippen LogP contribution is 2.24. The number of nitrogens with two attached hydrogens (primary N) is 1. The molecule has 86 valence electrons. The maximum atomic E-state index is 12.3. The Hall–Kier alpha value is -1.56. The first-order chi connectivity index (χ1) is 7.48. The molecule has 2 aromatic heterocycles. The summed E-state index contributed by atoms with van der Waals surface area (Å²) in [5.74, 6) is 0. The maximum absolute atomic E-state index is 12.3. The third-order valence-corrected chi connectivity index (χ3v) is 2.40. The summed E-state index contributed by atoms with van der Waals surface area (Å²) in [6.45, 7) is 0. The fourth-order valence-electron chi connectivity index (χ4n) is 1.53. The molecule has 6 heteroatoms. The molecule has 0 aliphatic rings. The van der Waals surface area contributed by atoms with Gasteiger partial charge in [-0.25, -0.2) is 4.98 Å². The quantitative estimate of drug-likeness (QED) is 0.827. The van der Waals surface area contributed by atoms with Crippen molar-refractivity contribution in [3.05, 3.63) is 30.1 Å². The van der Waals surface area contributed by atoms with Crippen LogP contribution in [0.1, 0.15) is 5.56 Å². The SMILES string of the molecule is NC(Cc1c[nH]c2ncccc12)C(F)(F)F. The highest BCUT2D eigenvalue weighted by Gasteiger charge is 2.36. The highest BCUT2D eigenvalue weighted by atomic mass is 19.4. The smallest absolute Gasteiger partial charge is 0.346 e. The van der Waals surface area contributed by atoms with E-state index in [-0.39, 0.29) is 6.42 Å². The molecule has 16 heavy (non-hydrogen) atoms. The molecule has 2 heterocycles. The molecule has 0 radical (unpaired) electrons. The molecule has 0 bridgehead atoms. The predicted octanol–water partition coefficient (Wildman–Crippen LogP) is 1.99. The monoisotopic (exact) mass is 229 g/mol. The molecule has 1 unspecified atom stereocenters. The minimum Gasteiger partial charge on any atom is -0.346 e. The fraction of sp³-hybridized carbons (Fsp3) is 0.300. The molecule has 0 aliphatic carbocycles. The number of pyridine rings is 1. The van der Waals surface area contributed by atoms with Crippen LogP contribution in [0, 0.1) is 0 Å². The molecular formula is C10H10F3N3. The molecular weight excluding hydrogens is 219 g/mol. The maximum Gasteiger partial charge on any atom is 0.403 e. The van der Waals surface area contributed by atoms with Gasteiger partial charge in [0.15, 0.2) is 0 Å². The zero-order valence-electron chi connectivity index (χ0n) is 8.25. The van der Waals surface area contributed by atoms with Crippen molar-refractivity contribution in [2.75, 3.05) is 0 Å². The van der Waals surface area contributed by atoms with Crippen LogP contribution in [0.25, 0.3) is 11.0 Å². The summed E-state index contributed by atoms with van der Waals surface area (Å²) in [5.41, 5.74) is 6.18. The Balaban J connectivity index is 2.28. The summed E-state index contributed by atoms with van der Waals surface area (Å²) in [4.78, 5) is 6.80. The van der Waals surface area contributed by atoms with Crippen molar-refractivity contribution in [3.8, 4) is 0 Å². The van der Waals surface area contributed by atoms with E-state index in [2.05, 4.69) is 9.97 Å². The molecule has 0 spiro atoms. The van der Waals surface area contributed by atoms with Crippen molar-refractivity contribution in [2.45, 2.75) is 18.6 Å². The van der Waals surface area contributed by atoms with Crippen molar-refractivity contribution in [3.63, 3.8) is 0 Å². The van der Waals surface area contributed by atoms with Crippen LogP contribution in [-0.2, 0) is 6.42 Å². The number of hydrogen-bond acceptors (Lipinski definition) is 2. The second-order valence-corrected chi connectivity index (χ2v) is 3.57. The van der Waals surface area contributed by atoms with E-state index in [4.69, 9.17) is 5.73 Å². The van der Waals surface area contributed by atoms with E-state index in [9.17, 15) is 13.2 Å². The first-order valence-corrected chi connectivity index (χ1v) is 4.72. The topological polar surface area (TPSA) is 54.7 Å². The summed E-state index contributed by atoms with van der Waals surface area (Å²) in [6, 6.07) is 1.56. The second kappa shape index (κ2) is 3.79. The van der Waals surface area contributed by atoms with E-state index in [0.29, 0.717) is 16.6 Å². The van der Waals surface area contributed by atoms with Crippen molar-refractivity contribution in [2.24, 2.45) is 5.73 Å². The van der Waals surface area contributed by atoms with Crippen molar-refractivity contribution in [1.82, 2.24) is 9.97 Å². The lowest BCUT2D eigenvalue weighted by Crippen LogP contribution is -2.39. The Kier molecular flexibility index (Phi) is 2.59. The first-order valence-electron chi connectivity index (χ1n) is 4.72. The zero-order valence-corrected chi connectivity index (χ0v) is 8.25. The third-order valence-electron chi connectivity index (χ3n) is 2.40. The van der Waals surface area contributed by atoms with Crippen LogP contribution in [-0.4, -0.2) is 22.2 Å². The van der Waals surface area contributed by atoms with E-state index < -0.39 is 12.2 Å². The predicted molar refractivity (Wildman–Crippen MR) is 53.8 cm³/mol. The van der Waals surface area contributed by atoms with Gasteiger partial charge in [-0.3, -0.25) is 0 Å². The van der Waals surface area contributed by atoms with Crippen LogP contribution in [0.5, 0.6) is 0 Å². The normalized spacial score (nSPS) is 14.2. The van der Waals surface area contributed by atoms with Crippen LogP contribution in [0.4, 0.5) is 13.2 Å². The van der Waals surface area contributed by atoms with Gasteiger partial charge < -0.3 is 10.7 Å². The Morgan fingerprint density at radius 3 is 2.88 bits per heavy atom. The number of nitrogens with zero attached hydrogens (tertiary/aromatic N) is 1. The standard InChI is InChI=1S/C10H10F3N3/c11-10(12,13)8(14)4-6-5-16-9-7(6)2-1-3-15-9/h1-3,5,8H,4,14H2,(H,15,16). The summed E-state index contributed by atoms with van der Waals surface area (Å²) >= 11 is 0. The van der Waals surface area contributed by atoms with Crippen LogP contribution in [0.15, 0.2) is 24.5 Å². The van der Waals surface area contributed by atoms with Gasteiger partial charge in [-0.15, -0.1) is 0 Å². The molecule has 0 fully saturated rings. The van der Waals surface area contributed by atoms with E-state index in [1.165, 1.54) is 6.20 Å². The van der Waals surface area contributed by atoms with Crippen molar-refractivity contribution in [1.29, 1.82) is 0 Å². The molecule has 0 aromatic carbocycles. The van der Waals surface area contributed by atoms with Crippen LogP contribution in [0.2, 0.25) is 0 Å². The Morgan fingerprint density at radius 2 is 2.19 bits per heavy atom. The molecule has 0 aliphatic heterocycles. The number of hydrogen-bond donors (Lipinski definition) is 2. The largest absolute Gasteiger partial charge is 0.403 e. The van der Waals surface area contributed by atoms with Gasteiger partial charge in [-0.1, -0.05) is 0 Å². The molecule has 3 nitrogen and oxygen atoms in total. The second-order valence-electron chi connectivity index (χ2n) is 3.57. The van der Waals surface area contributed by atoms with Gasteiger partial charge in [0.25, 0.3) is 0 Å². The van der Waals surface area contributed by atoms with E-state index >= 15 is 0 Å². The van der Waals surface area contributed by atoms with Gasteiger partial charge in [0.2, 0.25) is 0 Å². The molecule has 1 atom stereocenters. The number of H-pyrrole nitrogens is 1. The summed E-state index contributed by atoms with van der Waals surface area (Å²) in [5, 5.41) is 0.683. The molecule has 2 rings (SSSR count). The van der Waals surface area contributed by atoms with E-state index in [0.717, 1.165) is 0 Å². The van der Waals surface area contributed by atoms with Gasteiger partial charge in [-0.2, -0.15) is 13.2 Å². The number of aromatic amines is 1. The number of halogens is 3. The highest BCUT2D eigenvalue weighted by molar-refractivity contribution is 5.79. The molecule has 0 saturated heterocycles. The number of aromatic nitrogens is 2. The van der Waals surface area contributed by atoms with Gasteiger partial charge in [-0.05, 0) is 24.1 Å². The van der Waals surface area contributed by atoms with Gasteiger partial charge in [0.1, 0.15) is 11.7 Å². The van der Waals surface area contributed by atoms with Gasteiger partial charge in [0, 0.05) is 17.8 Å². The minimum absolute atomic E-state index is 0.241. The first kappa shape index (κ1) is 10.9. The van der Waals surface area contributed by atoms with Crippen molar-refractivity contribution >= 4 is 11.0 Å². The third kappa shape index (κ3) is 2.01. The number of nitrogens with one attached hydrogen (secondary N) is 1. The van der Waals surface area contributed by atoms with Crippen LogP contribution in [0.3, 0.4) is 0 Å². The summed E-state index contributed by atoms with van der Waals surface area (Å²) in [6.07, 6.45) is -1.52.